The zero-order valence-corrected chi connectivity index (χ0v) is 22.5. The summed E-state index contributed by atoms with van der Waals surface area (Å²) in [5.41, 5.74) is 4.87. The van der Waals surface area contributed by atoms with Crippen molar-refractivity contribution in [2.45, 2.75) is 70.1 Å². The Bertz CT molecular complexity index is 1100. The minimum absolute atomic E-state index is 0.0995. The summed E-state index contributed by atoms with van der Waals surface area (Å²) < 4.78 is 0. The molecule has 1 unspecified atom stereocenters. The number of hydrogen-bond acceptors (Lipinski definition) is 3. The Morgan fingerprint density at radius 1 is 0.857 bits per heavy atom. The Hall–Kier alpha value is -2.72. The van der Waals surface area contributed by atoms with Gasteiger partial charge in [0.05, 0.1) is 17.2 Å². The first-order valence-electron chi connectivity index (χ1n) is 12.4. The molecule has 1 saturated heterocycles. The highest BCUT2D eigenvalue weighted by Crippen LogP contribution is 2.42. The lowest BCUT2D eigenvalue weighted by Gasteiger charge is -2.29. The van der Waals surface area contributed by atoms with Crippen LogP contribution in [-0.2, 0) is 22.0 Å². The normalized spacial score (nSPS) is 16.8. The van der Waals surface area contributed by atoms with E-state index in [-0.39, 0.29) is 28.0 Å². The quantitative estimate of drug-likeness (QED) is 0.413. The summed E-state index contributed by atoms with van der Waals surface area (Å²) in [7, 11) is 0. The number of aromatic hydroxyl groups is 1. The van der Waals surface area contributed by atoms with Gasteiger partial charge < -0.3 is 10.0 Å². The average molecular weight is 488 g/mol. The second-order valence-corrected chi connectivity index (χ2v) is 12.7. The molecular formula is C31H37NO2S. The molecule has 3 aromatic carbocycles. The van der Waals surface area contributed by atoms with E-state index >= 15 is 0 Å². The first kappa shape index (κ1) is 25.4. The van der Waals surface area contributed by atoms with Gasteiger partial charge >= 0.3 is 0 Å². The maximum atomic E-state index is 13.8. The van der Waals surface area contributed by atoms with Gasteiger partial charge in [-0.3, -0.25) is 4.79 Å². The number of phenolic OH excluding ortho intramolecular Hbond substituents is 1. The van der Waals surface area contributed by atoms with Crippen LogP contribution < -0.4 is 0 Å². The first-order valence-corrected chi connectivity index (χ1v) is 13.4. The highest BCUT2D eigenvalue weighted by atomic mass is 32.2. The number of rotatable bonds is 5. The van der Waals surface area contributed by atoms with E-state index in [1.165, 1.54) is 0 Å². The number of benzene rings is 3. The number of phenols is 1. The number of amides is 1. The lowest BCUT2D eigenvalue weighted by Crippen LogP contribution is -2.34. The van der Waals surface area contributed by atoms with Crippen LogP contribution in [0.25, 0.3) is 0 Å². The molecule has 4 heteroatoms. The van der Waals surface area contributed by atoms with Crippen molar-refractivity contribution in [3.8, 4) is 5.75 Å². The molecule has 1 atom stereocenters. The summed E-state index contributed by atoms with van der Waals surface area (Å²) in [6, 6.07) is 24.7. The lowest BCUT2D eigenvalue weighted by atomic mass is 9.78. The molecular weight excluding hydrogens is 450 g/mol. The van der Waals surface area contributed by atoms with Crippen LogP contribution in [-0.4, -0.2) is 27.0 Å². The van der Waals surface area contributed by atoms with Crippen LogP contribution in [0.1, 0.15) is 75.4 Å². The van der Waals surface area contributed by atoms with Crippen LogP contribution in [0.4, 0.5) is 0 Å². The molecule has 184 valence electrons. The monoisotopic (exact) mass is 487 g/mol. The standard InChI is InChI=1S/C31H37NO2S/c1-30(2,3)24-17-21(18-25(28(24)33)31(4,5)6)19-26-29(34)32(20-35-26)27(22-13-9-7-10-14-22)23-15-11-8-12-16-23/h7-18,26-27,33H,19-20H2,1-6H3. The van der Waals surface area contributed by atoms with Crippen LogP contribution in [0.2, 0.25) is 0 Å². The minimum atomic E-state index is -0.190. The lowest BCUT2D eigenvalue weighted by molar-refractivity contribution is -0.130. The van der Waals surface area contributed by atoms with Gasteiger partial charge in [-0.1, -0.05) is 114 Å². The van der Waals surface area contributed by atoms with Crippen LogP contribution >= 0.6 is 11.8 Å². The van der Waals surface area contributed by atoms with E-state index in [1.54, 1.807) is 11.8 Å². The van der Waals surface area contributed by atoms with Gasteiger partial charge in [0, 0.05) is 0 Å². The van der Waals surface area contributed by atoms with Gasteiger partial charge in [-0.05, 0) is 45.1 Å². The van der Waals surface area contributed by atoms with E-state index in [0.717, 1.165) is 27.8 Å². The SMILES string of the molecule is CC(C)(C)c1cc(CC2SCN(C(c3ccccc3)c3ccccc3)C2=O)cc(C(C)(C)C)c1O. The van der Waals surface area contributed by atoms with E-state index < -0.39 is 0 Å². The molecule has 1 fully saturated rings. The fourth-order valence-corrected chi connectivity index (χ4v) is 6.04. The van der Waals surface area contributed by atoms with Crippen LogP contribution in [0.15, 0.2) is 72.8 Å². The Morgan fingerprint density at radius 2 is 1.31 bits per heavy atom. The predicted octanol–water partition coefficient (Wildman–Crippen LogP) is 7.22. The minimum Gasteiger partial charge on any atom is -0.507 e. The maximum Gasteiger partial charge on any atom is 0.237 e. The fourth-order valence-electron chi connectivity index (χ4n) is 4.83. The van der Waals surface area contributed by atoms with Gasteiger partial charge in [0.25, 0.3) is 0 Å². The third kappa shape index (κ3) is 5.43. The second kappa shape index (κ2) is 9.73. The zero-order chi connectivity index (χ0) is 25.4. The summed E-state index contributed by atoms with van der Waals surface area (Å²) >= 11 is 1.72. The topological polar surface area (TPSA) is 40.5 Å². The fraction of sp³-hybridized carbons (Fsp3) is 0.387. The molecule has 3 aromatic rings. The second-order valence-electron chi connectivity index (χ2n) is 11.6. The molecule has 1 heterocycles. The molecule has 35 heavy (non-hydrogen) atoms. The van der Waals surface area contributed by atoms with Gasteiger partial charge in [-0.2, -0.15) is 0 Å². The Kier molecular flexibility index (Phi) is 7.06. The third-order valence-corrected chi connectivity index (χ3v) is 7.92. The highest BCUT2D eigenvalue weighted by molar-refractivity contribution is 8.01. The van der Waals surface area contributed by atoms with E-state index in [1.807, 2.05) is 41.3 Å². The molecule has 0 bridgehead atoms. The average Bonchev–Trinajstić information content (AvgIpc) is 3.15. The molecule has 0 saturated carbocycles. The summed E-state index contributed by atoms with van der Waals surface area (Å²) in [5.74, 6) is 1.22. The Labute approximate surface area is 214 Å². The zero-order valence-electron chi connectivity index (χ0n) is 21.7. The predicted molar refractivity (Wildman–Crippen MR) is 147 cm³/mol. The van der Waals surface area contributed by atoms with Crippen molar-refractivity contribution < 1.29 is 9.90 Å². The van der Waals surface area contributed by atoms with Crippen LogP contribution in [0, 0.1) is 0 Å². The van der Waals surface area contributed by atoms with Gasteiger partial charge in [0.15, 0.2) is 0 Å². The van der Waals surface area contributed by atoms with E-state index in [0.29, 0.717) is 18.0 Å². The van der Waals surface area contributed by atoms with Crippen molar-refractivity contribution >= 4 is 17.7 Å². The number of carbonyl (C=O) groups excluding carboxylic acids is 1. The third-order valence-electron chi connectivity index (χ3n) is 6.72. The number of carbonyl (C=O) groups is 1. The Balaban J connectivity index is 1.66. The van der Waals surface area contributed by atoms with Crippen molar-refractivity contribution in [1.82, 2.24) is 4.90 Å². The molecule has 1 aliphatic heterocycles. The van der Waals surface area contributed by atoms with Crippen molar-refractivity contribution in [2.24, 2.45) is 0 Å². The largest absolute Gasteiger partial charge is 0.507 e. The van der Waals surface area contributed by atoms with Crippen LogP contribution in [0.3, 0.4) is 0 Å². The van der Waals surface area contributed by atoms with Gasteiger partial charge in [-0.25, -0.2) is 0 Å². The molecule has 0 radical (unpaired) electrons. The molecule has 1 N–H and O–H groups in total. The van der Waals surface area contributed by atoms with Crippen molar-refractivity contribution in [3.63, 3.8) is 0 Å². The summed E-state index contributed by atoms with van der Waals surface area (Å²) in [6.07, 6.45) is 0.655. The molecule has 0 spiro atoms. The summed E-state index contributed by atoms with van der Waals surface area (Å²) in [6.45, 7) is 12.7. The smallest absolute Gasteiger partial charge is 0.237 e. The summed E-state index contributed by atoms with van der Waals surface area (Å²) in [5, 5.41) is 10.9. The Morgan fingerprint density at radius 3 is 1.74 bits per heavy atom. The first-order chi connectivity index (χ1) is 16.5. The molecule has 0 aromatic heterocycles. The number of thioether (sulfide) groups is 1. The van der Waals surface area contributed by atoms with Crippen molar-refractivity contribution in [2.75, 3.05) is 5.88 Å². The molecule has 3 nitrogen and oxygen atoms in total. The van der Waals surface area contributed by atoms with Gasteiger partial charge in [0.2, 0.25) is 5.91 Å². The van der Waals surface area contributed by atoms with Gasteiger partial charge in [-0.15, -0.1) is 11.8 Å². The molecule has 1 amide bonds. The number of nitrogens with zero attached hydrogens (tertiary/aromatic N) is 1. The maximum absolute atomic E-state index is 13.8. The highest BCUT2D eigenvalue weighted by Gasteiger charge is 2.38. The van der Waals surface area contributed by atoms with Crippen molar-refractivity contribution in [3.05, 3.63) is 101 Å². The molecule has 1 aliphatic rings. The van der Waals surface area contributed by atoms with Gasteiger partial charge in [0.1, 0.15) is 5.75 Å². The molecule has 0 aliphatic carbocycles. The molecule has 4 rings (SSSR count). The van der Waals surface area contributed by atoms with E-state index in [4.69, 9.17) is 0 Å². The number of hydrogen-bond donors (Lipinski definition) is 1. The van der Waals surface area contributed by atoms with E-state index in [2.05, 4.69) is 77.9 Å². The summed E-state index contributed by atoms with van der Waals surface area (Å²) in [4.78, 5) is 15.8. The van der Waals surface area contributed by atoms with Crippen LogP contribution in [0.5, 0.6) is 5.75 Å². The van der Waals surface area contributed by atoms with Crippen molar-refractivity contribution in [1.29, 1.82) is 0 Å². The van der Waals surface area contributed by atoms with E-state index in [9.17, 15) is 9.90 Å².